The lowest BCUT2D eigenvalue weighted by Crippen LogP contribution is -2.61. The van der Waals surface area contributed by atoms with Crippen LogP contribution in [0.2, 0.25) is 10.3 Å². The monoisotopic (exact) mass is 400 g/mol. The Morgan fingerprint density at radius 3 is 2.15 bits per heavy atom. The van der Waals surface area contributed by atoms with Gasteiger partial charge in [-0.15, -0.1) is 0 Å². The summed E-state index contributed by atoms with van der Waals surface area (Å²) in [5.74, 6) is -2.70. The van der Waals surface area contributed by atoms with Crippen LogP contribution in [0.3, 0.4) is 0 Å². The molecule has 3 heterocycles. The van der Waals surface area contributed by atoms with Crippen molar-refractivity contribution >= 4 is 35.0 Å². The largest absolute Gasteiger partial charge is 0.335 e. The Balaban J connectivity index is 1.67. The zero-order chi connectivity index (χ0) is 19.0. The van der Waals surface area contributed by atoms with Crippen LogP contribution in [0.25, 0.3) is 0 Å². The highest BCUT2D eigenvalue weighted by molar-refractivity contribution is 6.30. The minimum Gasteiger partial charge on any atom is -0.335 e. The highest BCUT2D eigenvalue weighted by Crippen LogP contribution is 2.22. The maximum Gasteiger partial charge on any atom is 0.257 e. The molecule has 2 amide bonds. The summed E-state index contributed by atoms with van der Waals surface area (Å²) in [4.78, 5) is 34.5. The highest BCUT2D eigenvalue weighted by Gasteiger charge is 2.37. The standard InChI is InChI=1S/C16H12Cl2F2N4O2/c1-23(15(25)9-2-13(17)21-4-11(9)19)8-6-24(7-8)16(26)10-3-14(18)22-5-12(10)20/h2-5,8H,6-7H2,1H3. The second-order valence-electron chi connectivity index (χ2n) is 5.75. The number of likely N-dealkylation sites (N-methyl/N-ethyl adjacent to an activating group) is 1. The summed E-state index contributed by atoms with van der Waals surface area (Å²) in [6.45, 7) is 0.363. The Bertz CT molecular complexity index is 891. The molecule has 0 unspecified atom stereocenters. The van der Waals surface area contributed by atoms with Gasteiger partial charge in [0, 0.05) is 20.1 Å². The summed E-state index contributed by atoms with van der Waals surface area (Å²) in [7, 11) is 1.49. The topological polar surface area (TPSA) is 66.4 Å². The fourth-order valence-electron chi connectivity index (χ4n) is 2.55. The molecule has 3 rings (SSSR count). The predicted molar refractivity (Wildman–Crippen MR) is 90.2 cm³/mol. The lowest BCUT2D eigenvalue weighted by atomic mass is 10.0. The van der Waals surface area contributed by atoms with Gasteiger partial charge >= 0.3 is 0 Å². The van der Waals surface area contributed by atoms with Crippen molar-refractivity contribution in [1.29, 1.82) is 0 Å². The Morgan fingerprint density at radius 2 is 1.58 bits per heavy atom. The molecule has 136 valence electrons. The maximum absolute atomic E-state index is 13.8. The Hall–Kier alpha value is -2.32. The average Bonchev–Trinajstić information content (AvgIpc) is 2.57. The van der Waals surface area contributed by atoms with E-state index < -0.39 is 23.4 Å². The molecule has 1 fully saturated rings. The van der Waals surface area contributed by atoms with Gasteiger partial charge in [0.15, 0.2) is 11.6 Å². The number of carbonyl (C=O) groups excluding carboxylic acids is 2. The van der Waals surface area contributed by atoms with Crippen LogP contribution in [0.4, 0.5) is 8.78 Å². The van der Waals surface area contributed by atoms with Gasteiger partial charge in [0.1, 0.15) is 10.3 Å². The molecular formula is C16H12Cl2F2N4O2. The molecule has 1 saturated heterocycles. The van der Waals surface area contributed by atoms with E-state index in [1.807, 2.05) is 0 Å². The van der Waals surface area contributed by atoms with E-state index in [9.17, 15) is 18.4 Å². The van der Waals surface area contributed by atoms with Gasteiger partial charge in [-0.2, -0.15) is 0 Å². The average molecular weight is 401 g/mol. The summed E-state index contributed by atoms with van der Waals surface area (Å²) < 4.78 is 27.5. The molecule has 1 aliphatic heterocycles. The second kappa shape index (κ2) is 7.13. The van der Waals surface area contributed by atoms with Crippen molar-refractivity contribution in [2.24, 2.45) is 0 Å². The molecule has 0 aromatic carbocycles. The molecule has 0 spiro atoms. The molecule has 2 aromatic rings. The summed E-state index contributed by atoms with van der Waals surface area (Å²) in [6.07, 6.45) is 1.74. The van der Waals surface area contributed by atoms with Gasteiger partial charge in [0.25, 0.3) is 11.8 Å². The molecule has 0 bridgehead atoms. The van der Waals surface area contributed by atoms with E-state index >= 15 is 0 Å². The smallest absolute Gasteiger partial charge is 0.257 e. The van der Waals surface area contributed by atoms with Crippen LogP contribution in [0.5, 0.6) is 0 Å². The van der Waals surface area contributed by atoms with Crippen LogP contribution in [0.1, 0.15) is 20.7 Å². The van der Waals surface area contributed by atoms with E-state index in [1.54, 1.807) is 0 Å². The third kappa shape index (κ3) is 3.47. The molecular weight excluding hydrogens is 389 g/mol. The zero-order valence-electron chi connectivity index (χ0n) is 13.4. The van der Waals surface area contributed by atoms with Crippen molar-refractivity contribution in [3.05, 3.63) is 57.6 Å². The van der Waals surface area contributed by atoms with E-state index in [4.69, 9.17) is 23.2 Å². The molecule has 0 aliphatic carbocycles. The van der Waals surface area contributed by atoms with Crippen molar-refractivity contribution in [2.45, 2.75) is 6.04 Å². The zero-order valence-corrected chi connectivity index (χ0v) is 14.9. The number of halogens is 4. The number of nitrogens with zero attached hydrogens (tertiary/aromatic N) is 4. The van der Waals surface area contributed by atoms with Crippen LogP contribution < -0.4 is 0 Å². The molecule has 26 heavy (non-hydrogen) atoms. The number of carbonyl (C=O) groups is 2. The quantitative estimate of drug-likeness (QED) is 0.742. The van der Waals surface area contributed by atoms with Crippen molar-refractivity contribution in [1.82, 2.24) is 19.8 Å². The normalized spacial score (nSPS) is 14.1. The highest BCUT2D eigenvalue weighted by atomic mass is 35.5. The van der Waals surface area contributed by atoms with E-state index in [2.05, 4.69) is 9.97 Å². The molecule has 0 atom stereocenters. The third-order valence-corrected chi connectivity index (χ3v) is 4.54. The van der Waals surface area contributed by atoms with Crippen LogP contribution in [0, 0.1) is 11.6 Å². The lowest BCUT2D eigenvalue weighted by Gasteiger charge is -2.44. The van der Waals surface area contributed by atoms with Crippen LogP contribution in [-0.2, 0) is 0 Å². The number of likely N-dealkylation sites (tertiary alicyclic amines) is 1. The van der Waals surface area contributed by atoms with Crippen molar-refractivity contribution in [3.8, 4) is 0 Å². The fraction of sp³-hybridized carbons (Fsp3) is 0.250. The van der Waals surface area contributed by atoms with E-state index in [-0.39, 0.29) is 40.6 Å². The number of hydrogen-bond donors (Lipinski definition) is 0. The van der Waals surface area contributed by atoms with Crippen molar-refractivity contribution in [3.63, 3.8) is 0 Å². The summed E-state index contributed by atoms with van der Waals surface area (Å²) in [6, 6.07) is 1.96. The van der Waals surface area contributed by atoms with Gasteiger partial charge in [-0.25, -0.2) is 18.7 Å². The van der Waals surface area contributed by atoms with Crippen LogP contribution in [0.15, 0.2) is 24.5 Å². The first kappa shape index (κ1) is 18.5. The van der Waals surface area contributed by atoms with Crippen LogP contribution >= 0.6 is 23.2 Å². The number of amides is 2. The number of pyridine rings is 2. The van der Waals surface area contributed by atoms with Gasteiger partial charge < -0.3 is 9.80 Å². The Morgan fingerprint density at radius 1 is 1.08 bits per heavy atom. The van der Waals surface area contributed by atoms with Crippen LogP contribution in [-0.4, -0.2) is 57.8 Å². The van der Waals surface area contributed by atoms with E-state index in [0.29, 0.717) is 0 Å². The minimum atomic E-state index is -0.785. The lowest BCUT2D eigenvalue weighted by molar-refractivity contribution is 0.0291. The van der Waals surface area contributed by atoms with Gasteiger partial charge in [-0.05, 0) is 12.1 Å². The summed E-state index contributed by atoms with van der Waals surface area (Å²) in [5.41, 5.74) is -0.395. The summed E-state index contributed by atoms with van der Waals surface area (Å²) in [5, 5.41) is 0.00256. The Labute approximate surface area is 157 Å². The molecule has 1 aliphatic rings. The summed E-state index contributed by atoms with van der Waals surface area (Å²) >= 11 is 11.4. The first-order valence-electron chi connectivity index (χ1n) is 7.46. The molecule has 6 nitrogen and oxygen atoms in total. The third-order valence-electron chi connectivity index (χ3n) is 4.12. The molecule has 0 N–H and O–H groups in total. The van der Waals surface area contributed by atoms with Gasteiger partial charge in [0.2, 0.25) is 0 Å². The maximum atomic E-state index is 13.8. The van der Waals surface area contributed by atoms with Crippen molar-refractivity contribution < 1.29 is 18.4 Å². The van der Waals surface area contributed by atoms with Gasteiger partial charge in [-0.1, -0.05) is 23.2 Å². The fourth-order valence-corrected chi connectivity index (χ4v) is 2.86. The van der Waals surface area contributed by atoms with Gasteiger partial charge in [0.05, 0.1) is 29.6 Å². The SMILES string of the molecule is CN(C(=O)c1cc(Cl)ncc1F)C1CN(C(=O)c2cc(Cl)ncc2F)C1. The number of rotatable bonds is 3. The van der Waals surface area contributed by atoms with Crippen molar-refractivity contribution in [2.75, 3.05) is 20.1 Å². The molecule has 0 saturated carbocycles. The van der Waals surface area contributed by atoms with E-state index in [0.717, 1.165) is 24.5 Å². The Kier molecular flexibility index (Phi) is 5.06. The predicted octanol–water partition coefficient (Wildman–Crippen LogP) is 2.66. The second-order valence-corrected chi connectivity index (χ2v) is 6.53. The number of aromatic nitrogens is 2. The number of hydrogen-bond acceptors (Lipinski definition) is 4. The molecule has 0 radical (unpaired) electrons. The first-order valence-corrected chi connectivity index (χ1v) is 8.22. The van der Waals surface area contributed by atoms with Gasteiger partial charge in [-0.3, -0.25) is 9.59 Å². The molecule has 2 aromatic heterocycles. The molecule has 10 heteroatoms. The first-order chi connectivity index (χ1) is 12.3. The van der Waals surface area contributed by atoms with E-state index in [1.165, 1.54) is 16.8 Å². The minimum absolute atomic E-state index is 0.00129.